The molecule has 1 unspecified atom stereocenters. The number of halogens is 3. The number of nitrogens with zero attached hydrogens (tertiary/aromatic N) is 1. The van der Waals surface area contributed by atoms with Gasteiger partial charge in [0.05, 0.1) is 0 Å². The molecule has 0 aromatic rings. The number of rotatable bonds is 4. The summed E-state index contributed by atoms with van der Waals surface area (Å²) in [4.78, 5) is 0. The molecule has 1 saturated heterocycles. The molecule has 0 aliphatic carbocycles. The molecule has 1 heterocycles. The Morgan fingerprint density at radius 1 is 1.40 bits per heavy atom. The van der Waals surface area contributed by atoms with Crippen LogP contribution in [0.25, 0.3) is 0 Å². The van der Waals surface area contributed by atoms with Gasteiger partial charge in [0.2, 0.25) is 0 Å². The van der Waals surface area contributed by atoms with Gasteiger partial charge in [0.25, 0.3) is 10.0 Å². The molecule has 0 amide bonds. The van der Waals surface area contributed by atoms with Gasteiger partial charge in [0.1, 0.15) is 0 Å². The molecule has 15 heavy (non-hydrogen) atoms. The molecule has 1 aliphatic rings. The number of piperidine rings is 1. The molecule has 0 aromatic heterocycles. The van der Waals surface area contributed by atoms with Crippen LogP contribution in [0.1, 0.15) is 25.7 Å². The van der Waals surface area contributed by atoms with Gasteiger partial charge in [-0.3, -0.25) is 0 Å². The van der Waals surface area contributed by atoms with Crippen LogP contribution in [-0.2, 0) is 10.0 Å². The van der Waals surface area contributed by atoms with E-state index in [9.17, 15) is 17.2 Å². The Kier molecular flexibility index (Phi) is 4.92. The Hall–Kier alpha value is 0.250. The summed E-state index contributed by atoms with van der Waals surface area (Å²) in [5.41, 5.74) is 0. The van der Waals surface area contributed by atoms with Crippen molar-refractivity contribution < 1.29 is 17.2 Å². The van der Waals surface area contributed by atoms with Crippen molar-refractivity contribution in [1.29, 1.82) is 0 Å². The van der Waals surface area contributed by atoms with Gasteiger partial charge in [-0.25, -0.2) is 8.42 Å². The van der Waals surface area contributed by atoms with Gasteiger partial charge in [-0.05, 0) is 19.3 Å². The zero-order valence-corrected chi connectivity index (χ0v) is 10.6. The molecule has 1 rings (SSSR count). The normalized spacial score (nSPS) is 24.7. The van der Waals surface area contributed by atoms with E-state index in [1.54, 1.807) is 0 Å². The van der Waals surface area contributed by atoms with Crippen LogP contribution in [0.5, 0.6) is 0 Å². The van der Waals surface area contributed by atoms with E-state index in [0.29, 0.717) is 24.6 Å². The Morgan fingerprint density at radius 3 is 2.60 bits per heavy atom. The van der Waals surface area contributed by atoms with Crippen molar-refractivity contribution in [3.05, 3.63) is 0 Å². The number of hydrogen-bond acceptors (Lipinski definition) is 2. The SMILES string of the molecule is O=S(=O)(C(F)F)N1CCCCC1CCBr. The molecule has 1 fully saturated rings. The lowest BCUT2D eigenvalue weighted by Gasteiger charge is -2.33. The lowest BCUT2D eigenvalue weighted by Crippen LogP contribution is -2.46. The lowest BCUT2D eigenvalue weighted by atomic mass is 10.0. The zero-order chi connectivity index (χ0) is 11.5. The summed E-state index contributed by atoms with van der Waals surface area (Å²) in [6.45, 7) is 0.227. The molecule has 0 spiro atoms. The van der Waals surface area contributed by atoms with Crippen molar-refractivity contribution in [2.75, 3.05) is 11.9 Å². The van der Waals surface area contributed by atoms with Crippen molar-refractivity contribution in [2.24, 2.45) is 0 Å². The van der Waals surface area contributed by atoms with Gasteiger partial charge in [-0.2, -0.15) is 13.1 Å². The Balaban J connectivity index is 2.80. The Labute approximate surface area is 97.0 Å². The quantitative estimate of drug-likeness (QED) is 0.747. The van der Waals surface area contributed by atoms with E-state index < -0.39 is 15.8 Å². The maximum Gasteiger partial charge on any atom is 0.350 e. The second-order valence-electron chi connectivity index (χ2n) is 3.54. The first-order valence-corrected chi connectivity index (χ1v) is 7.47. The first kappa shape index (κ1) is 13.3. The van der Waals surface area contributed by atoms with Gasteiger partial charge in [0, 0.05) is 17.9 Å². The van der Waals surface area contributed by atoms with Gasteiger partial charge in [-0.1, -0.05) is 22.4 Å². The minimum atomic E-state index is -4.39. The maximum absolute atomic E-state index is 12.4. The fourth-order valence-electron chi connectivity index (χ4n) is 1.83. The first-order valence-electron chi connectivity index (χ1n) is 4.85. The third kappa shape index (κ3) is 3.10. The standard InChI is InChI=1S/C8H14BrF2NO2S/c9-5-4-7-3-1-2-6-12(7)15(13,14)8(10)11/h7-8H,1-6H2. The third-order valence-electron chi connectivity index (χ3n) is 2.57. The monoisotopic (exact) mass is 305 g/mol. The highest BCUT2D eigenvalue weighted by atomic mass is 79.9. The average molecular weight is 306 g/mol. The predicted molar refractivity (Wildman–Crippen MR) is 57.7 cm³/mol. The molecule has 0 aromatic carbocycles. The maximum atomic E-state index is 12.4. The van der Waals surface area contributed by atoms with E-state index >= 15 is 0 Å². The summed E-state index contributed by atoms with van der Waals surface area (Å²) in [7, 11) is -4.39. The minimum absolute atomic E-state index is 0.227. The fourth-order valence-corrected chi connectivity index (χ4v) is 3.57. The number of alkyl halides is 3. The van der Waals surface area contributed by atoms with Gasteiger partial charge in [-0.15, -0.1) is 0 Å². The van der Waals surface area contributed by atoms with E-state index in [-0.39, 0.29) is 12.6 Å². The van der Waals surface area contributed by atoms with Crippen LogP contribution >= 0.6 is 15.9 Å². The Bertz CT molecular complexity index is 295. The molecule has 7 heteroatoms. The van der Waals surface area contributed by atoms with Crippen LogP contribution in [0.4, 0.5) is 8.78 Å². The van der Waals surface area contributed by atoms with E-state index in [2.05, 4.69) is 15.9 Å². The predicted octanol–water partition coefficient (Wildman–Crippen LogP) is 2.18. The van der Waals surface area contributed by atoms with Crippen molar-refractivity contribution in [1.82, 2.24) is 4.31 Å². The molecular formula is C8H14BrF2NO2S. The van der Waals surface area contributed by atoms with E-state index in [1.165, 1.54) is 0 Å². The van der Waals surface area contributed by atoms with E-state index in [1.807, 2.05) is 0 Å². The van der Waals surface area contributed by atoms with Crippen LogP contribution < -0.4 is 0 Å². The largest absolute Gasteiger partial charge is 0.350 e. The van der Waals surface area contributed by atoms with Crippen LogP contribution in [0.3, 0.4) is 0 Å². The summed E-state index contributed by atoms with van der Waals surface area (Å²) in [6, 6.07) is -0.267. The zero-order valence-electron chi connectivity index (χ0n) is 8.20. The van der Waals surface area contributed by atoms with Crippen molar-refractivity contribution in [2.45, 2.75) is 37.5 Å². The highest BCUT2D eigenvalue weighted by Crippen LogP contribution is 2.26. The molecule has 1 atom stereocenters. The summed E-state index contributed by atoms with van der Waals surface area (Å²) in [6.07, 6.45) is 2.85. The van der Waals surface area contributed by atoms with Gasteiger partial charge >= 0.3 is 5.76 Å². The third-order valence-corrected chi connectivity index (χ3v) is 4.61. The van der Waals surface area contributed by atoms with Crippen molar-refractivity contribution in [3.63, 3.8) is 0 Å². The highest BCUT2D eigenvalue weighted by Gasteiger charge is 2.37. The van der Waals surface area contributed by atoms with Crippen LogP contribution in [0.2, 0.25) is 0 Å². The smallest absolute Gasteiger partial charge is 0.206 e. The first-order chi connectivity index (χ1) is 7.00. The topological polar surface area (TPSA) is 37.4 Å². The summed E-state index contributed by atoms with van der Waals surface area (Å²) in [5, 5.41) is 0.632. The van der Waals surface area contributed by atoms with E-state index in [0.717, 1.165) is 10.7 Å². The Morgan fingerprint density at radius 2 is 2.07 bits per heavy atom. The summed E-state index contributed by atoms with van der Waals surface area (Å²) in [5.74, 6) is -3.30. The average Bonchev–Trinajstić information content (AvgIpc) is 2.18. The lowest BCUT2D eigenvalue weighted by molar-refractivity contribution is 0.190. The molecule has 3 nitrogen and oxygen atoms in total. The highest BCUT2D eigenvalue weighted by molar-refractivity contribution is 9.09. The van der Waals surface area contributed by atoms with Crippen molar-refractivity contribution in [3.8, 4) is 0 Å². The fraction of sp³-hybridized carbons (Fsp3) is 1.00. The summed E-state index contributed by atoms with van der Waals surface area (Å²) >= 11 is 3.21. The molecule has 1 aliphatic heterocycles. The molecule has 0 saturated carbocycles. The van der Waals surface area contributed by atoms with Crippen LogP contribution in [0, 0.1) is 0 Å². The molecular weight excluding hydrogens is 292 g/mol. The van der Waals surface area contributed by atoms with Crippen molar-refractivity contribution >= 4 is 26.0 Å². The molecule has 90 valence electrons. The van der Waals surface area contributed by atoms with Gasteiger partial charge < -0.3 is 0 Å². The summed E-state index contributed by atoms with van der Waals surface area (Å²) < 4.78 is 48.4. The molecule has 0 radical (unpaired) electrons. The number of hydrogen-bond donors (Lipinski definition) is 0. The van der Waals surface area contributed by atoms with Gasteiger partial charge in [0.15, 0.2) is 0 Å². The number of sulfonamides is 1. The molecule has 0 N–H and O–H groups in total. The van der Waals surface area contributed by atoms with Crippen LogP contribution in [0.15, 0.2) is 0 Å². The van der Waals surface area contributed by atoms with E-state index in [4.69, 9.17) is 0 Å². The second kappa shape index (κ2) is 5.54. The minimum Gasteiger partial charge on any atom is -0.206 e. The molecule has 0 bridgehead atoms. The second-order valence-corrected chi connectivity index (χ2v) is 6.19. The van der Waals surface area contributed by atoms with Crippen LogP contribution in [-0.4, -0.2) is 36.4 Å².